The fourth-order valence-corrected chi connectivity index (χ4v) is 13.7. The van der Waals surface area contributed by atoms with Crippen LogP contribution in [0.25, 0.3) is 0 Å². The van der Waals surface area contributed by atoms with E-state index in [9.17, 15) is 39.6 Å². The van der Waals surface area contributed by atoms with Crippen molar-refractivity contribution in [3.8, 4) is 11.8 Å². The standard InChI is InChI=1S/C52H66N6O10S/c1-53-31-56-52(67,48(64)65)23-16-39(59)57-38(45(60)58-46(61)47(62)63)30-69-44-43-41-35(13-3-2-6-19-50(44)20-7-8-21-50)29-37(27-32-17-25-54-26-18-32)40-42-36(15-10-24-55-42)28-34-12-5-4-11-33(34)14-9-22-51(40,41)49(66)68-43/h4-5,11-12,17-18,25-26,35-36,38,42,44,46,53,55-56,61,67H,2-3,6-8,10,13-16,19-21,23-24,27-31H2,1H3,(H,57,59)(H,58,60)(H,62,63)(H,64,65)/t35-,36+,38+,42+,44+,46+,51-,52-/m1/s1. The largest absolute Gasteiger partial charge is 0.478 e. The van der Waals surface area contributed by atoms with E-state index in [0.717, 1.165) is 106 Å². The lowest BCUT2D eigenvalue weighted by Gasteiger charge is -2.46. The number of carbonyl (C=O) groups excluding carboxylic acids is 3. The summed E-state index contributed by atoms with van der Waals surface area (Å²) in [4.78, 5) is 71.5. The Labute approximate surface area is 407 Å². The van der Waals surface area contributed by atoms with Gasteiger partial charge in [-0.2, -0.15) is 0 Å². The second-order valence-electron chi connectivity index (χ2n) is 19.8. The van der Waals surface area contributed by atoms with Gasteiger partial charge in [-0.3, -0.25) is 19.9 Å². The third kappa shape index (κ3) is 10.7. The first-order valence-corrected chi connectivity index (χ1v) is 25.7. The fourth-order valence-electron chi connectivity index (χ4n) is 12.1. The number of benzene rings is 1. The smallest absolute Gasteiger partial charge is 0.353 e. The maximum atomic E-state index is 15.8. The molecule has 1 saturated heterocycles. The van der Waals surface area contributed by atoms with E-state index in [1.54, 1.807) is 19.4 Å². The van der Waals surface area contributed by atoms with Crippen LogP contribution in [-0.4, -0.2) is 110 Å². The summed E-state index contributed by atoms with van der Waals surface area (Å²) in [7, 11) is 1.55. The molecule has 2 spiro atoms. The lowest BCUT2D eigenvalue weighted by atomic mass is 9.57. The number of rotatable bonds is 16. The highest BCUT2D eigenvalue weighted by molar-refractivity contribution is 8.00. The highest BCUT2D eigenvalue weighted by atomic mass is 32.2. The van der Waals surface area contributed by atoms with Crippen LogP contribution in [0, 0.1) is 34.5 Å². The Kier molecular flexibility index (Phi) is 16.0. The van der Waals surface area contributed by atoms with Crippen molar-refractivity contribution >= 4 is 41.5 Å². The molecular weight excluding hydrogens is 901 g/mol. The number of carboxylic acids is 2. The number of carbonyl (C=O) groups is 5. The summed E-state index contributed by atoms with van der Waals surface area (Å²) in [6, 6.07) is 10.9. The van der Waals surface area contributed by atoms with E-state index < -0.39 is 71.2 Å². The number of amides is 2. The van der Waals surface area contributed by atoms with Gasteiger partial charge in [-0.15, -0.1) is 11.8 Å². The van der Waals surface area contributed by atoms with Gasteiger partial charge >= 0.3 is 17.9 Å². The van der Waals surface area contributed by atoms with Crippen LogP contribution >= 0.6 is 11.8 Å². The highest BCUT2D eigenvalue weighted by Crippen LogP contribution is 2.62. The number of pyridine rings is 1. The molecule has 8 atom stereocenters. The summed E-state index contributed by atoms with van der Waals surface area (Å²) in [5.74, 6) is 2.39. The molecule has 3 heterocycles. The summed E-state index contributed by atoms with van der Waals surface area (Å²) in [6.07, 6.45) is 13.0. The van der Waals surface area contributed by atoms with E-state index in [1.165, 1.54) is 22.9 Å². The second-order valence-corrected chi connectivity index (χ2v) is 20.9. The number of piperidine rings is 1. The molecule has 1 saturated carbocycles. The number of allylic oxidation sites excluding steroid dienone is 1. The van der Waals surface area contributed by atoms with Gasteiger partial charge in [-0.05, 0) is 123 Å². The maximum absolute atomic E-state index is 15.8. The van der Waals surface area contributed by atoms with Crippen LogP contribution < -0.4 is 26.6 Å². The summed E-state index contributed by atoms with van der Waals surface area (Å²) in [5.41, 5.74) is 2.40. The molecule has 2 fully saturated rings. The molecule has 1 aromatic carbocycles. The lowest BCUT2D eigenvalue weighted by Crippen LogP contribution is -2.56. The molecule has 17 heteroatoms. The molecule has 0 unspecified atom stereocenters. The molecule has 9 N–H and O–H groups in total. The third-order valence-electron chi connectivity index (χ3n) is 15.4. The van der Waals surface area contributed by atoms with Crippen LogP contribution in [0.5, 0.6) is 0 Å². The zero-order valence-corrected chi connectivity index (χ0v) is 40.1. The number of aromatic nitrogens is 1. The van der Waals surface area contributed by atoms with Gasteiger partial charge in [-0.25, -0.2) is 14.4 Å². The normalized spacial score (nSPS) is 26.9. The minimum Gasteiger partial charge on any atom is -0.478 e. The zero-order chi connectivity index (χ0) is 48.8. The Morgan fingerprint density at radius 1 is 0.957 bits per heavy atom. The first-order chi connectivity index (χ1) is 33.3. The average Bonchev–Trinajstić information content (AvgIpc) is 3.93. The van der Waals surface area contributed by atoms with Gasteiger partial charge in [0.15, 0.2) is 5.41 Å². The third-order valence-corrected chi connectivity index (χ3v) is 17.0. The molecule has 0 bridgehead atoms. The lowest BCUT2D eigenvalue weighted by molar-refractivity contribution is -0.164. The number of thioether (sulfide) groups is 1. The Morgan fingerprint density at radius 3 is 2.42 bits per heavy atom. The molecule has 16 nitrogen and oxygen atoms in total. The highest BCUT2D eigenvalue weighted by Gasteiger charge is 2.62. The number of hydrogen-bond acceptors (Lipinski definition) is 13. The molecule has 2 aliphatic heterocycles. The average molecular weight is 967 g/mol. The van der Waals surface area contributed by atoms with Crippen LogP contribution in [0.1, 0.15) is 107 Å². The van der Waals surface area contributed by atoms with Crippen LogP contribution in [0.3, 0.4) is 0 Å². The Bertz CT molecular complexity index is 2400. The van der Waals surface area contributed by atoms with E-state index in [-0.39, 0.29) is 35.7 Å². The fraction of sp³-hybridized carbons (Fsp3) is 0.577. The van der Waals surface area contributed by atoms with Gasteiger partial charge in [0.1, 0.15) is 11.8 Å². The summed E-state index contributed by atoms with van der Waals surface area (Å²) >= 11 is 1.38. The van der Waals surface area contributed by atoms with Crippen LogP contribution in [0.15, 0.2) is 71.3 Å². The van der Waals surface area contributed by atoms with Gasteiger partial charge in [0.25, 0.3) is 0 Å². The van der Waals surface area contributed by atoms with Gasteiger partial charge in [0.05, 0.1) is 5.25 Å². The van der Waals surface area contributed by atoms with Gasteiger partial charge < -0.3 is 46.4 Å². The Balaban J connectivity index is 1.26. The number of nitrogens with zero attached hydrogens (tertiary/aromatic N) is 1. The number of aliphatic hydroxyl groups excluding tert-OH is 1. The van der Waals surface area contributed by atoms with Crippen molar-refractivity contribution in [1.29, 1.82) is 0 Å². The molecule has 6 aliphatic rings. The van der Waals surface area contributed by atoms with Crippen molar-refractivity contribution in [2.45, 2.75) is 138 Å². The van der Waals surface area contributed by atoms with E-state index in [0.29, 0.717) is 25.0 Å². The Hall–Kier alpha value is -5.09. The zero-order valence-electron chi connectivity index (χ0n) is 39.3. The van der Waals surface area contributed by atoms with E-state index in [2.05, 4.69) is 61.6 Å². The molecule has 4 aliphatic carbocycles. The number of nitrogens with one attached hydrogen (secondary N) is 5. The van der Waals surface area contributed by atoms with Crippen LogP contribution in [0.2, 0.25) is 0 Å². The van der Waals surface area contributed by atoms with Gasteiger partial charge in [0.2, 0.25) is 23.8 Å². The molecule has 69 heavy (non-hydrogen) atoms. The minimum atomic E-state index is -2.47. The summed E-state index contributed by atoms with van der Waals surface area (Å²) in [6.45, 7) is 0.714. The number of aliphatic hydroxyl groups is 2. The van der Waals surface area contributed by atoms with Gasteiger partial charge in [-0.1, -0.05) is 73.8 Å². The monoisotopic (exact) mass is 966 g/mol. The number of carboxylic acid groups (broad SMARTS) is 2. The second kappa shape index (κ2) is 21.9. The van der Waals surface area contributed by atoms with Crippen molar-refractivity contribution in [1.82, 2.24) is 31.6 Å². The van der Waals surface area contributed by atoms with Crippen LogP contribution in [0.4, 0.5) is 0 Å². The molecule has 8 rings (SSSR count). The number of esters is 1. The molecule has 2 amide bonds. The maximum Gasteiger partial charge on any atom is 0.353 e. The quantitative estimate of drug-likeness (QED) is 0.0502. The number of hydrogen-bond donors (Lipinski definition) is 9. The van der Waals surface area contributed by atoms with Crippen molar-refractivity contribution < 1.29 is 49.1 Å². The minimum absolute atomic E-state index is 0.0759. The first-order valence-electron chi connectivity index (χ1n) is 24.6. The SMILES string of the molecule is CNCN[C@@](O)(CCC(=O)N[C@@H](CS[C@H]1C2=C3[C@H](CCCCCC14CCCC4)CC(Cc1ccncc1)=C1[C@H]4NCCC[C@H]4Cc4ccccc4CC#C[C@]31C(=O)O2)C(=O)N[C@@H](O)C(=O)O)C(=O)O. The molecule has 0 radical (unpaired) electrons. The molecule has 370 valence electrons. The van der Waals surface area contributed by atoms with Crippen molar-refractivity contribution in [3.63, 3.8) is 0 Å². The van der Waals surface area contributed by atoms with E-state index >= 15 is 4.79 Å². The van der Waals surface area contributed by atoms with E-state index in [1.807, 2.05) is 18.2 Å². The Morgan fingerprint density at radius 2 is 1.70 bits per heavy atom. The van der Waals surface area contributed by atoms with E-state index in [4.69, 9.17) is 4.74 Å². The number of ether oxygens (including phenoxy) is 1. The number of aliphatic carboxylic acids is 2. The summed E-state index contributed by atoms with van der Waals surface area (Å²) < 4.78 is 6.93. The topological polar surface area (TPSA) is 249 Å². The molecule has 1 aromatic heterocycles. The molecular formula is C52H66N6O10S. The van der Waals surface area contributed by atoms with Crippen molar-refractivity contribution in [2.24, 2.45) is 22.7 Å². The predicted octanol–water partition coefficient (Wildman–Crippen LogP) is 3.86. The van der Waals surface area contributed by atoms with Crippen molar-refractivity contribution in [3.05, 3.63) is 88.0 Å². The van der Waals surface area contributed by atoms with Crippen molar-refractivity contribution in [2.75, 3.05) is 26.0 Å². The first kappa shape index (κ1) is 50.3. The predicted molar refractivity (Wildman–Crippen MR) is 258 cm³/mol. The molecule has 2 aromatic rings. The van der Waals surface area contributed by atoms with Gasteiger partial charge in [0, 0.05) is 55.7 Å². The summed E-state index contributed by atoms with van der Waals surface area (Å²) in [5, 5.41) is 53.8. The van der Waals surface area contributed by atoms with Crippen LogP contribution in [-0.2, 0) is 48.0 Å². The number of fused-ring (bicyclic) bond motifs is 3.